The van der Waals surface area contributed by atoms with Crippen LogP contribution >= 0.6 is 11.3 Å². The molecule has 4 rings (SSSR count). The summed E-state index contributed by atoms with van der Waals surface area (Å²) in [7, 11) is -3.41. The highest BCUT2D eigenvalue weighted by Crippen LogP contribution is 2.46. The summed E-state index contributed by atoms with van der Waals surface area (Å²) >= 11 is 1.30. The summed E-state index contributed by atoms with van der Waals surface area (Å²) in [6.45, 7) is 3.51. The molecule has 1 aromatic carbocycles. The van der Waals surface area contributed by atoms with Gasteiger partial charge in [0.05, 0.1) is 0 Å². The van der Waals surface area contributed by atoms with Gasteiger partial charge < -0.3 is 9.47 Å². The molecule has 1 N–H and O–H groups in total. The third kappa shape index (κ3) is 3.89. The summed E-state index contributed by atoms with van der Waals surface area (Å²) in [6.07, 6.45) is 3.19. The van der Waals surface area contributed by atoms with Gasteiger partial charge in [-0.25, -0.2) is 13.1 Å². The van der Waals surface area contributed by atoms with Crippen molar-refractivity contribution in [1.29, 1.82) is 0 Å². The molecule has 1 unspecified atom stereocenters. The van der Waals surface area contributed by atoms with Crippen molar-refractivity contribution in [2.45, 2.75) is 36.3 Å². The van der Waals surface area contributed by atoms with E-state index in [0.717, 1.165) is 22.8 Å². The molecule has 1 saturated carbocycles. The van der Waals surface area contributed by atoms with Gasteiger partial charge in [0.2, 0.25) is 10.0 Å². The van der Waals surface area contributed by atoms with Crippen molar-refractivity contribution in [3.63, 3.8) is 0 Å². The van der Waals surface area contributed by atoms with Crippen molar-refractivity contribution >= 4 is 21.4 Å². The van der Waals surface area contributed by atoms with Crippen molar-refractivity contribution < 1.29 is 17.9 Å². The van der Waals surface area contributed by atoms with Crippen LogP contribution in [0.3, 0.4) is 0 Å². The van der Waals surface area contributed by atoms with Crippen LogP contribution in [0.2, 0.25) is 0 Å². The molecule has 1 aromatic heterocycles. The molecule has 2 aliphatic rings. The predicted octanol–water partition coefficient (Wildman–Crippen LogP) is 3.69. The maximum atomic E-state index is 12.4. The molecule has 7 heteroatoms. The van der Waals surface area contributed by atoms with E-state index in [0.29, 0.717) is 35.8 Å². The lowest BCUT2D eigenvalue weighted by Crippen LogP contribution is -2.25. The molecule has 0 amide bonds. The first-order chi connectivity index (χ1) is 12.5. The van der Waals surface area contributed by atoms with Crippen LogP contribution in [0.15, 0.2) is 34.5 Å². The second-order valence-corrected chi connectivity index (χ2v) is 10.2. The van der Waals surface area contributed by atoms with E-state index in [-0.39, 0.29) is 0 Å². The standard InChI is InChI=1S/C19H23NO4S2/c1-13-2-7-19(25-13)26(21,22)20-9-8-16(14-3-4-14)15-5-6-17-18(12-15)24-11-10-23-17/h2,5-7,12,14,16,20H,3-4,8-11H2,1H3. The summed E-state index contributed by atoms with van der Waals surface area (Å²) in [5, 5.41) is 0. The Labute approximate surface area is 158 Å². The largest absolute Gasteiger partial charge is 0.486 e. The van der Waals surface area contributed by atoms with E-state index in [1.165, 1.54) is 29.7 Å². The molecule has 2 aromatic rings. The van der Waals surface area contributed by atoms with E-state index in [1.54, 1.807) is 6.07 Å². The summed E-state index contributed by atoms with van der Waals surface area (Å²) in [5.41, 5.74) is 1.21. The minimum absolute atomic E-state index is 0.346. The van der Waals surface area contributed by atoms with Crippen molar-refractivity contribution in [3.8, 4) is 11.5 Å². The number of nitrogens with one attached hydrogen (secondary N) is 1. The van der Waals surface area contributed by atoms with Crippen LogP contribution in [0, 0.1) is 12.8 Å². The molecule has 5 nitrogen and oxygen atoms in total. The fraction of sp³-hybridized carbons (Fsp3) is 0.474. The minimum atomic E-state index is -3.41. The molecular weight excluding hydrogens is 370 g/mol. The summed E-state index contributed by atoms with van der Waals surface area (Å²) in [4.78, 5) is 0.998. The highest BCUT2D eigenvalue weighted by molar-refractivity contribution is 7.91. The van der Waals surface area contributed by atoms with Crippen LogP contribution in [0.1, 0.15) is 35.6 Å². The minimum Gasteiger partial charge on any atom is -0.486 e. The molecule has 26 heavy (non-hydrogen) atoms. The molecule has 0 bridgehead atoms. The number of hydrogen-bond acceptors (Lipinski definition) is 5. The van der Waals surface area contributed by atoms with Gasteiger partial charge in [-0.1, -0.05) is 6.07 Å². The van der Waals surface area contributed by atoms with Gasteiger partial charge in [-0.05, 0) is 67.9 Å². The summed E-state index contributed by atoms with van der Waals surface area (Å²) in [5.74, 6) is 2.57. The number of benzene rings is 1. The molecule has 1 aliphatic carbocycles. The maximum absolute atomic E-state index is 12.4. The Balaban J connectivity index is 1.43. The van der Waals surface area contributed by atoms with E-state index >= 15 is 0 Å². The van der Waals surface area contributed by atoms with E-state index in [2.05, 4.69) is 16.9 Å². The average Bonchev–Trinajstić information content (AvgIpc) is 3.38. The highest BCUT2D eigenvalue weighted by atomic mass is 32.2. The Kier molecular flexibility index (Phi) is 4.94. The Hall–Kier alpha value is -1.57. The molecule has 2 heterocycles. The van der Waals surface area contributed by atoms with Crippen LogP contribution in [-0.2, 0) is 10.0 Å². The van der Waals surface area contributed by atoms with Crippen LogP contribution in [-0.4, -0.2) is 28.2 Å². The van der Waals surface area contributed by atoms with Gasteiger partial charge >= 0.3 is 0 Å². The van der Waals surface area contributed by atoms with E-state index < -0.39 is 10.0 Å². The number of thiophene rings is 1. The fourth-order valence-corrected chi connectivity index (χ4v) is 5.82. The maximum Gasteiger partial charge on any atom is 0.250 e. The van der Waals surface area contributed by atoms with E-state index in [4.69, 9.17) is 9.47 Å². The van der Waals surface area contributed by atoms with Crippen molar-refractivity contribution in [1.82, 2.24) is 4.72 Å². The van der Waals surface area contributed by atoms with Crippen LogP contribution in [0.4, 0.5) is 0 Å². The molecular formula is C19H23NO4S2. The SMILES string of the molecule is Cc1ccc(S(=O)(=O)NCCC(c2ccc3c(c2)OCCO3)C2CC2)s1. The number of aryl methyl sites for hydroxylation is 1. The first kappa shape index (κ1) is 17.8. The molecule has 0 radical (unpaired) electrons. The fourth-order valence-electron chi connectivity index (χ4n) is 3.44. The second-order valence-electron chi connectivity index (χ2n) is 6.90. The predicted molar refractivity (Wildman–Crippen MR) is 102 cm³/mol. The first-order valence-corrected chi connectivity index (χ1v) is 11.3. The molecule has 140 valence electrons. The van der Waals surface area contributed by atoms with Gasteiger partial charge in [0.1, 0.15) is 17.4 Å². The Morgan fingerprint density at radius 2 is 1.92 bits per heavy atom. The number of rotatable bonds is 7. The van der Waals surface area contributed by atoms with Crippen LogP contribution in [0.25, 0.3) is 0 Å². The third-order valence-electron chi connectivity index (χ3n) is 4.91. The Morgan fingerprint density at radius 3 is 2.62 bits per heavy atom. The highest BCUT2D eigenvalue weighted by Gasteiger charge is 2.33. The second kappa shape index (κ2) is 7.21. The Bertz CT molecular complexity index is 887. The summed E-state index contributed by atoms with van der Waals surface area (Å²) in [6, 6.07) is 9.63. The Morgan fingerprint density at radius 1 is 1.15 bits per heavy atom. The molecule has 1 atom stereocenters. The van der Waals surface area contributed by atoms with Crippen molar-refractivity contribution in [2.75, 3.05) is 19.8 Å². The van der Waals surface area contributed by atoms with E-state index in [1.807, 2.05) is 19.1 Å². The van der Waals surface area contributed by atoms with Gasteiger partial charge in [0.15, 0.2) is 11.5 Å². The van der Waals surface area contributed by atoms with Crippen molar-refractivity contribution in [2.24, 2.45) is 5.92 Å². The smallest absolute Gasteiger partial charge is 0.250 e. The lowest BCUT2D eigenvalue weighted by Gasteiger charge is -2.22. The van der Waals surface area contributed by atoms with Gasteiger partial charge in [0.25, 0.3) is 0 Å². The van der Waals surface area contributed by atoms with Gasteiger partial charge in [-0.3, -0.25) is 0 Å². The van der Waals surface area contributed by atoms with Gasteiger partial charge in [0, 0.05) is 11.4 Å². The normalized spacial score (nSPS) is 17.9. The number of fused-ring (bicyclic) bond motifs is 1. The zero-order valence-electron chi connectivity index (χ0n) is 14.7. The van der Waals surface area contributed by atoms with Crippen LogP contribution in [0.5, 0.6) is 11.5 Å². The molecule has 0 spiro atoms. The third-order valence-corrected chi connectivity index (χ3v) is 7.87. The van der Waals surface area contributed by atoms with E-state index in [9.17, 15) is 8.42 Å². The topological polar surface area (TPSA) is 64.6 Å². The van der Waals surface area contributed by atoms with Crippen LogP contribution < -0.4 is 14.2 Å². The zero-order valence-corrected chi connectivity index (χ0v) is 16.4. The monoisotopic (exact) mass is 393 g/mol. The molecule has 1 fully saturated rings. The lowest BCUT2D eigenvalue weighted by atomic mass is 9.91. The number of ether oxygens (including phenoxy) is 2. The molecule has 0 saturated heterocycles. The van der Waals surface area contributed by atoms with Gasteiger partial charge in [-0.2, -0.15) is 0 Å². The van der Waals surface area contributed by atoms with Crippen molar-refractivity contribution in [3.05, 3.63) is 40.8 Å². The number of sulfonamides is 1. The lowest BCUT2D eigenvalue weighted by molar-refractivity contribution is 0.171. The average molecular weight is 394 g/mol. The number of hydrogen-bond donors (Lipinski definition) is 1. The summed E-state index contributed by atoms with van der Waals surface area (Å²) < 4.78 is 39.2. The zero-order chi connectivity index (χ0) is 18.1. The quantitative estimate of drug-likeness (QED) is 0.779. The molecule has 1 aliphatic heterocycles. The first-order valence-electron chi connectivity index (χ1n) is 8.98. The van der Waals surface area contributed by atoms with Gasteiger partial charge in [-0.15, -0.1) is 11.3 Å².